The number of hydrogen-bond acceptors (Lipinski definition) is 3. The molecule has 2 aromatic carbocycles. The normalized spacial score (nSPS) is 11.0. The molecule has 0 spiro atoms. The van der Waals surface area contributed by atoms with Crippen LogP contribution in [0.25, 0.3) is 0 Å². The van der Waals surface area contributed by atoms with Gasteiger partial charge in [0.15, 0.2) is 0 Å². The first-order valence-electron chi connectivity index (χ1n) is 6.13. The summed E-state index contributed by atoms with van der Waals surface area (Å²) >= 11 is 5.70. The predicted molar refractivity (Wildman–Crippen MR) is 83.0 cm³/mol. The van der Waals surface area contributed by atoms with Gasteiger partial charge in [-0.05, 0) is 36.4 Å². The molecule has 2 N–H and O–H groups in total. The lowest BCUT2D eigenvalue weighted by molar-refractivity contribution is -0.114. The molecule has 0 atom stereocenters. The van der Waals surface area contributed by atoms with Gasteiger partial charge in [-0.25, -0.2) is 12.8 Å². The molecular formula is C14H12ClFN2O3S. The molecule has 8 heteroatoms. The zero-order chi connectivity index (χ0) is 16.3. The molecule has 1 amide bonds. The molecule has 0 saturated carbocycles. The molecule has 0 aliphatic carbocycles. The van der Waals surface area contributed by atoms with Crippen molar-refractivity contribution in [2.75, 3.05) is 10.0 Å². The molecule has 0 aliphatic heterocycles. The molecule has 0 fully saturated rings. The lowest BCUT2D eigenvalue weighted by atomic mass is 10.3. The van der Waals surface area contributed by atoms with Crippen LogP contribution in [-0.2, 0) is 14.8 Å². The molecule has 0 heterocycles. The molecule has 2 aromatic rings. The summed E-state index contributed by atoms with van der Waals surface area (Å²) in [6.07, 6.45) is 0. The standard InChI is InChI=1S/C14H12ClFN2O3S/c1-9(19)17-11-3-2-4-12(8-11)18-22(20,21)14-7-10(15)5-6-13(14)16/h2-8,18H,1H3,(H,17,19). The third-order valence-electron chi connectivity index (χ3n) is 2.62. The minimum absolute atomic E-state index is 0.105. The van der Waals surface area contributed by atoms with Crippen molar-refractivity contribution in [2.45, 2.75) is 11.8 Å². The van der Waals surface area contributed by atoms with Crippen molar-refractivity contribution in [3.8, 4) is 0 Å². The molecule has 22 heavy (non-hydrogen) atoms. The Balaban J connectivity index is 2.33. The molecule has 0 aromatic heterocycles. The highest BCUT2D eigenvalue weighted by Gasteiger charge is 2.19. The summed E-state index contributed by atoms with van der Waals surface area (Å²) in [6.45, 7) is 1.33. The fourth-order valence-corrected chi connectivity index (χ4v) is 3.15. The van der Waals surface area contributed by atoms with Gasteiger partial charge in [-0.1, -0.05) is 17.7 Å². The summed E-state index contributed by atoms with van der Waals surface area (Å²) in [7, 11) is -4.13. The van der Waals surface area contributed by atoms with Crippen LogP contribution in [0.4, 0.5) is 15.8 Å². The Labute approximate surface area is 132 Å². The predicted octanol–water partition coefficient (Wildman–Crippen LogP) is 3.24. The second-order valence-electron chi connectivity index (χ2n) is 4.44. The average Bonchev–Trinajstić information content (AvgIpc) is 2.40. The highest BCUT2D eigenvalue weighted by atomic mass is 35.5. The van der Waals surface area contributed by atoms with E-state index < -0.39 is 20.7 Å². The van der Waals surface area contributed by atoms with Gasteiger partial charge in [-0.15, -0.1) is 0 Å². The van der Waals surface area contributed by atoms with Crippen molar-refractivity contribution >= 4 is 38.9 Å². The van der Waals surface area contributed by atoms with E-state index in [1.54, 1.807) is 12.1 Å². The summed E-state index contributed by atoms with van der Waals surface area (Å²) in [5, 5.41) is 2.63. The van der Waals surface area contributed by atoms with E-state index in [1.807, 2.05) is 0 Å². The van der Waals surface area contributed by atoms with Crippen molar-refractivity contribution < 1.29 is 17.6 Å². The van der Waals surface area contributed by atoms with Gasteiger partial charge in [0, 0.05) is 17.6 Å². The molecule has 0 unspecified atom stereocenters. The number of amides is 1. The van der Waals surface area contributed by atoms with Gasteiger partial charge in [0.25, 0.3) is 10.0 Å². The summed E-state index contributed by atoms with van der Waals surface area (Å²) in [5.74, 6) is -1.20. The van der Waals surface area contributed by atoms with Crippen LogP contribution in [0, 0.1) is 5.82 Å². The number of rotatable bonds is 4. The zero-order valence-corrected chi connectivity index (χ0v) is 13.0. The summed E-state index contributed by atoms with van der Waals surface area (Å²) in [4.78, 5) is 10.4. The second-order valence-corrected chi connectivity index (χ2v) is 6.53. The average molecular weight is 343 g/mol. The molecule has 5 nitrogen and oxygen atoms in total. The van der Waals surface area contributed by atoms with Crippen LogP contribution in [-0.4, -0.2) is 14.3 Å². The van der Waals surface area contributed by atoms with E-state index in [1.165, 1.54) is 25.1 Å². The Morgan fingerprint density at radius 3 is 2.50 bits per heavy atom. The number of anilines is 2. The summed E-state index contributed by atoms with van der Waals surface area (Å²) in [5.41, 5.74) is 0.602. The van der Waals surface area contributed by atoms with Gasteiger partial charge in [0.1, 0.15) is 10.7 Å². The van der Waals surface area contributed by atoms with Crippen molar-refractivity contribution in [2.24, 2.45) is 0 Å². The van der Waals surface area contributed by atoms with Crippen LogP contribution in [0.3, 0.4) is 0 Å². The monoisotopic (exact) mass is 342 g/mol. The van der Waals surface area contributed by atoms with E-state index in [4.69, 9.17) is 11.6 Å². The number of halogens is 2. The van der Waals surface area contributed by atoms with E-state index in [9.17, 15) is 17.6 Å². The van der Waals surface area contributed by atoms with E-state index in [-0.39, 0.29) is 16.6 Å². The first kappa shape index (κ1) is 16.3. The Bertz CT molecular complexity index is 825. The third kappa shape index (κ3) is 3.96. The molecule has 2 rings (SSSR count). The molecule has 0 aliphatic rings. The van der Waals surface area contributed by atoms with Crippen LogP contribution in [0.5, 0.6) is 0 Å². The van der Waals surface area contributed by atoms with Crippen molar-refractivity contribution in [1.82, 2.24) is 0 Å². The molecule has 0 bridgehead atoms. The van der Waals surface area contributed by atoms with Crippen LogP contribution in [0.15, 0.2) is 47.4 Å². The number of carbonyl (C=O) groups is 1. The maximum Gasteiger partial charge on any atom is 0.264 e. The molecule has 116 valence electrons. The van der Waals surface area contributed by atoms with Crippen molar-refractivity contribution in [3.63, 3.8) is 0 Å². The number of hydrogen-bond donors (Lipinski definition) is 2. The maximum absolute atomic E-state index is 13.7. The fourth-order valence-electron chi connectivity index (χ4n) is 1.76. The van der Waals surface area contributed by atoms with E-state index >= 15 is 0 Å². The molecular weight excluding hydrogens is 331 g/mol. The number of benzene rings is 2. The number of carbonyl (C=O) groups excluding carboxylic acids is 1. The van der Waals surface area contributed by atoms with Gasteiger partial charge in [0.05, 0.1) is 5.69 Å². The molecule has 0 saturated heterocycles. The van der Waals surface area contributed by atoms with Gasteiger partial charge in [-0.2, -0.15) is 0 Å². The third-order valence-corrected chi connectivity index (χ3v) is 4.25. The van der Waals surface area contributed by atoms with E-state index in [2.05, 4.69) is 10.0 Å². The maximum atomic E-state index is 13.7. The first-order chi connectivity index (χ1) is 10.3. The lowest BCUT2D eigenvalue weighted by Crippen LogP contribution is -2.15. The Hall–Kier alpha value is -2.12. The zero-order valence-electron chi connectivity index (χ0n) is 11.4. The SMILES string of the molecule is CC(=O)Nc1cccc(NS(=O)(=O)c2cc(Cl)ccc2F)c1. The number of sulfonamides is 1. The van der Waals surface area contributed by atoms with Crippen LogP contribution >= 0.6 is 11.6 Å². The van der Waals surface area contributed by atoms with Crippen LogP contribution in [0.1, 0.15) is 6.92 Å². The lowest BCUT2D eigenvalue weighted by Gasteiger charge is -2.10. The summed E-state index contributed by atoms with van der Waals surface area (Å²) in [6, 6.07) is 9.30. The first-order valence-corrected chi connectivity index (χ1v) is 7.99. The van der Waals surface area contributed by atoms with Crippen LogP contribution in [0.2, 0.25) is 5.02 Å². The van der Waals surface area contributed by atoms with Crippen LogP contribution < -0.4 is 10.0 Å². The van der Waals surface area contributed by atoms with Gasteiger partial charge >= 0.3 is 0 Å². The Morgan fingerprint density at radius 2 is 1.82 bits per heavy atom. The highest BCUT2D eigenvalue weighted by Crippen LogP contribution is 2.23. The summed E-state index contributed by atoms with van der Waals surface area (Å²) < 4.78 is 40.3. The quantitative estimate of drug-likeness (QED) is 0.895. The van der Waals surface area contributed by atoms with Gasteiger partial charge in [0.2, 0.25) is 5.91 Å². The Kier molecular flexibility index (Phi) is 4.68. The smallest absolute Gasteiger partial charge is 0.264 e. The van der Waals surface area contributed by atoms with E-state index in [0.717, 1.165) is 12.1 Å². The second kappa shape index (κ2) is 6.33. The van der Waals surface area contributed by atoms with Gasteiger partial charge < -0.3 is 5.32 Å². The van der Waals surface area contributed by atoms with Crippen molar-refractivity contribution in [1.29, 1.82) is 0 Å². The van der Waals surface area contributed by atoms with E-state index in [0.29, 0.717) is 5.69 Å². The minimum atomic E-state index is -4.13. The van der Waals surface area contributed by atoms with Crippen molar-refractivity contribution in [3.05, 3.63) is 53.3 Å². The Morgan fingerprint density at radius 1 is 1.14 bits per heavy atom. The topological polar surface area (TPSA) is 75.3 Å². The minimum Gasteiger partial charge on any atom is -0.326 e. The fraction of sp³-hybridized carbons (Fsp3) is 0.0714. The largest absolute Gasteiger partial charge is 0.326 e. The van der Waals surface area contributed by atoms with Gasteiger partial charge in [-0.3, -0.25) is 9.52 Å². The molecule has 0 radical (unpaired) electrons. The number of nitrogens with one attached hydrogen (secondary N) is 2. The highest BCUT2D eigenvalue weighted by molar-refractivity contribution is 7.92.